The SMILES string of the molecule is C/C=C/c1c(OC2CCC2)c(=O)n(C)c2cnc(Cl)nc12. The third-order valence-corrected chi connectivity index (χ3v) is 3.95. The Morgan fingerprint density at radius 2 is 2.24 bits per heavy atom. The average molecular weight is 306 g/mol. The summed E-state index contributed by atoms with van der Waals surface area (Å²) in [6.07, 6.45) is 8.50. The van der Waals surface area contributed by atoms with Crippen LogP contribution >= 0.6 is 11.6 Å². The van der Waals surface area contributed by atoms with Gasteiger partial charge in [-0.3, -0.25) is 4.79 Å². The molecule has 110 valence electrons. The van der Waals surface area contributed by atoms with Gasteiger partial charge in [-0.25, -0.2) is 9.97 Å². The van der Waals surface area contributed by atoms with Gasteiger partial charge in [-0.05, 0) is 37.8 Å². The molecule has 2 heterocycles. The molecule has 1 aliphatic carbocycles. The van der Waals surface area contributed by atoms with Crippen molar-refractivity contribution in [1.82, 2.24) is 14.5 Å². The molecule has 2 aromatic rings. The number of rotatable bonds is 3. The van der Waals surface area contributed by atoms with Gasteiger partial charge < -0.3 is 9.30 Å². The molecule has 0 aliphatic heterocycles. The molecular weight excluding hydrogens is 290 g/mol. The molecule has 1 aliphatic rings. The second-order valence-electron chi connectivity index (χ2n) is 5.15. The first-order valence-corrected chi connectivity index (χ1v) is 7.34. The number of nitrogens with zero attached hydrogens (tertiary/aromatic N) is 3. The van der Waals surface area contributed by atoms with Crippen molar-refractivity contribution in [1.29, 1.82) is 0 Å². The van der Waals surface area contributed by atoms with Crippen LogP contribution in [0.2, 0.25) is 5.28 Å². The molecule has 0 amide bonds. The highest BCUT2D eigenvalue weighted by atomic mass is 35.5. The summed E-state index contributed by atoms with van der Waals surface area (Å²) in [5.74, 6) is 0.350. The summed E-state index contributed by atoms with van der Waals surface area (Å²) in [6.45, 7) is 1.89. The van der Waals surface area contributed by atoms with Gasteiger partial charge in [0, 0.05) is 7.05 Å². The molecule has 0 aromatic carbocycles. The quantitative estimate of drug-likeness (QED) is 0.818. The molecule has 0 bridgehead atoms. The van der Waals surface area contributed by atoms with E-state index in [0.717, 1.165) is 19.3 Å². The first kappa shape index (κ1) is 14.1. The number of ether oxygens (including phenoxy) is 1. The van der Waals surface area contributed by atoms with Crippen LogP contribution in [0.25, 0.3) is 17.1 Å². The van der Waals surface area contributed by atoms with Crippen LogP contribution in [0, 0.1) is 0 Å². The lowest BCUT2D eigenvalue weighted by atomic mass is 9.96. The second kappa shape index (κ2) is 5.48. The Morgan fingerprint density at radius 1 is 1.48 bits per heavy atom. The van der Waals surface area contributed by atoms with Gasteiger partial charge in [0.05, 0.1) is 23.4 Å². The van der Waals surface area contributed by atoms with E-state index >= 15 is 0 Å². The van der Waals surface area contributed by atoms with Crippen LogP contribution in [0.5, 0.6) is 5.75 Å². The molecule has 0 unspecified atom stereocenters. The predicted octanol–water partition coefficient (Wildman–Crippen LogP) is 2.95. The molecule has 1 fully saturated rings. The van der Waals surface area contributed by atoms with Gasteiger partial charge in [-0.2, -0.15) is 0 Å². The van der Waals surface area contributed by atoms with E-state index in [4.69, 9.17) is 16.3 Å². The third kappa shape index (κ3) is 2.42. The fourth-order valence-corrected chi connectivity index (χ4v) is 2.51. The van der Waals surface area contributed by atoms with E-state index in [-0.39, 0.29) is 16.9 Å². The second-order valence-corrected chi connectivity index (χ2v) is 5.49. The minimum absolute atomic E-state index is 0.122. The Labute approximate surface area is 127 Å². The van der Waals surface area contributed by atoms with Crippen molar-refractivity contribution in [2.45, 2.75) is 32.3 Å². The van der Waals surface area contributed by atoms with Gasteiger partial charge in [0.1, 0.15) is 5.52 Å². The largest absolute Gasteiger partial charge is 0.484 e. The van der Waals surface area contributed by atoms with Crippen molar-refractivity contribution in [2.75, 3.05) is 0 Å². The molecule has 2 aromatic heterocycles. The Bertz CT molecular complexity index is 779. The lowest BCUT2D eigenvalue weighted by molar-refractivity contribution is 0.118. The van der Waals surface area contributed by atoms with Gasteiger partial charge in [0.15, 0.2) is 5.75 Å². The Hall–Kier alpha value is -1.88. The number of allylic oxidation sites excluding steroid dienone is 1. The van der Waals surface area contributed by atoms with Gasteiger partial charge in [0.25, 0.3) is 5.56 Å². The minimum atomic E-state index is -0.173. The maximum Gasteiger partial charge on any atom is 0.293 e. The smallest absolute Gasteiger partial charge is 0.293 e. The Balaban J connectivity index is 2.30. The van der Waals surface area contributed by atoms with Gasteiger partial charge in [-0.15, -0.1) is 0 Å². The van der Waals surface area contributed by atoms with Crippen LogP contribution in [-0.2, 0) is 7.05 Å². The third-order valence-electron chi connectivity index (χ3n) is 3.77. The summed E-state index contributed by atoms with van der Waals surface area (Å²) in [6, 6.07) is 0. The Kier molecular flexibility index (Phi) is 3.68. The predicted molar refractivity (Wildman–Crippen MR) is 82.8 cm³/mol. The molecule has 0 spiro atoms. The van der Waals surface area contributed by atoms with E-state index in [0.29, 0.717) is 22.3 Å². The van der Waals surface area contributed by atoms with Crippen molar-refractivity contribution in [3.8, 4) is 5.75 Å². The number of fused-ring (bicyclic) bond motifs is 1. The molecular formula is C15H16ClN3O2. The van der Waals surface area contributed by atoms with E-state index in [1.54, 1.807) is 13.2 Å². The average Bonchev–Trinajstić information content (AvgIpc) is 2.42. The summed E-state index contributed by atoms with van der Waals surface area (Å²) in [5.41, 5.74) is 1.77. The highest BCUT2D eigenvalue weighted by Gasteiger charge is 2.24. The molecule has 0 radical (unpaired) electrons. The molecule has 1 saturated carbocycles. The molecule has 21 heavy (non-hydrogen) atoms. The van der Waals surface area contributed by atoms with Crippen LogP contribution in [0.3, 0.4) is 0 Å². The molecule has 5 nitrogen and oxygen atoms in total. The van der Waals surface area contributed by atoms with E-state index < -0.39 is 0 Å². The number of aromatic nitrogens is 3. The van der Waals surface area contributed by atoms with Crippen molar-refractivity contribution in [3.05, 3.63) is 33.5 Å². The molecule has 0 saturated heterocycles. The summed E-state index contributed by atoms with van der Waals surface area (Å²) in [7, 11) is 1.69. The Morgan fingerprint density at radius 3 is 2.86 bits per heavy atom. The van der Waals surface area contributed by atoms with Crippen molar-refractivity contribution < 1.29 is 4.74 Å². The zero-order chi connectivity index (χ0) is 15.0. The van der Waals surface area contributed by atoms with Crippen molar-refractivity contribution >= 4 is 28.7 Å². The van der Waals surface area contributed by atoms with E-state index in [2.05, 4.69) is 9.97 Å². The highest BCUT2D eigenvalue weighted by Crippen LogP contribution is 2.29. The van der Waals surface area contributed by atoms with E-state index in [1.807, 2.05) is 19.1 Å². The summed E-state index contributed by atoms with van der Waals surface area (Å²) >= 11 is 5.90. The summed E-state index contributed by atoms with van der Waals surface area (Å²) < 4.78 is 7.41. The summed E-state index contributed by atoms with van der Waals surface area (Å²) in [5, 5.41) is 0.154. The van der Waals surface area contributed by atoms with Crippen LogP contribution in [0.4, 0.5) is 0 Å². The molecule has 0 atom stereocenters. The number of hydrogen-bond donors (Lipinski definition) is 0. The zero-order valence-corrected chi connectivity index (χ0v) is 12.7. The fourth-order valence-electron chi connectivity index (χ4n) is 2.37. The minimum Gasteiger partial charge on any atom is -0.484 e. The van der Waals surface area contributed by atoms with E-state index in [1.165, 1.54) is 4.57 Å². The summed E-state index contributed by atoms with van der Waals surface area (Å²) in [4.78, 5) is 20.8. The molecule has 3 rings (SSSR count). The fraction of sp³-hybridized carbons (Fsp3) is 0.400. The monoisotopic (exact) mass is 305 g/mol. The maximum absolute atomic E-state index is 12.6. The standard InChI is InChI=1S/C15H16ClN3O2/c1-3-5-10-12-11(8-17-15(16)18-12)19(2)14(20)13(10)21-9-6-4-7-9/h3,5,8-9H,4,6-7H2,1-2H3/b5-3+. The number of halogens is 1. The van der Waals surface area contributed by atoms with Gasteiger partial charge >= 0.3 is 0 Å². The van der Waals surface area contributed by atoms with Crippen molar-refractivity contribution in [3.63, 3.8) is 0 Å². The number of aryl methyl sites for hydroxylation is 1. The van der Waals surface area contributed by atoms with E-state index in [9.17, 15) is 4.79 Å². The number of hydrogen-bond acceptors (Lipinski definition) is 4. The maximum atomic E-state index is 12.6. The molecule has 6 heteroatoms. The lowest BCUT2D eigenvalue weighted by Gasteiger charge is -2.27. The van der Waals surface area contributed by atoms with Crippen LogP contribution in [-0.4, -0.2) is 20.6 Å². The normalized spacial score (nSPS) is 15.6. The van der Waals surface area contributed by atoms with Crippen LogP contribution in [0.1, 0.15) is 31.7 Å². The first-order chi connectivity index (χ1) is 10.1. The van der Waals surface area contributed by atoms with Gasteiger partial charge in [-0.1, -0.05) is 12.2 Å². The zero-order valence-electron chi connectivity index (χ0n) is 12.0. The van der Waals surface area contributed by atoms with Gasteiger partial charge in [0.2, 0.25) is 5.28 Å². The van der Waals surface area contributed by atoms with Crippen LogP contribution in [0.15, 0.2) is 17.1 Å². The lowest BCUT2D eigenvalue weighted by Crippen LogP contribution is -2.30. The van der Waals surface area contributed by atoms with Crippen molar-refractivity contribution in [2.24, 2.45) is 7.05 Å². The first-order valence-electron chi connectivity index (χ1n) is 6.96. The molecule has 0 N–H and O–H groups in total. The number of pyridine rings is 1. The van der Waals surface area contributed by atoms with Crippen LogP contribution < -0.4 is 10.3 Å². The topological polar surface area (TPSA) is 57.0 Å². The highest BCUT2D eigenvalue weighted by molar-refractivity contribution is 6.28.